The van der Waals surface area contributed by atoms with Gasteiger partial charge >= 0.3 is 0 Å². The molecule has 1 saturated heterocycles. The summed E-state index contributed by atoms with van der Waals surface area (Å²) in [6, 6.07) is 9.49. The van der Waals surface area contributed by atoms with Gasteiger partial charge in [0.2, 0.25) is 0 Å². The van der Waals surface area contributed by atoms with Crippen molar-refractivity contribution in [3.63, 3.8) is 0 Å². The van der Waals surface area contributed by atoms with E-state index in [4.69, 9.17) is 27.9 Å². The van der Waals surface area contributed by atoms with Gasteiger partial charge in [-0.25, -0.2) is 4.98 Å². The number of morpholine rings is 1. The molecule has 2 heterocycles. The van der Waals surface area contributed by atoms with E-state index in [1.807, 2.05) is 18.3 Å². The number of benzene rings is 1. The lowest BCUT2D eigenvalue weighted by molar-refractivity contribution is -0.0212. The zero-order valence-corrected chi connectivity index (χ0v) is 14.4. The Kier molecular flexibility index (Phi) is 5.38. The van der Waals surface area contributed by atoms with Gasteiger partial charge in [0, 0.05) is 31.5 Å². The number of hydrogen-bond acceptors (Lipinski definition) is 4. The number of nitrogens with one attached hydrogen (secondary N) is 1. The largest absolute Gasteiger partial charge is 0.376 e. The number of ether oxygens (including phenoxy) is 1. The Labute approximate surface area is 146 Å². The van der Waals surface area contributed by atoms with Crippen molar-refractivity contribution in [3.8, 4) is 0 Å². The second-order valence-electron chi connectivity index (χ2n) is 5.72. The quantitative estimate of drug-likeness (QED) is 0.888. The summed E-state index contributed by atoms with van der Waals surface area (Å²) in [5.74, 6) is 0.780. The molecule has 4 nitrogen and oxygen atoms in total. The maximum atomic E-state index is 6.02. The van der Waals surface area contributed by atoms with Crippen LogP contribution in [0, 0.1) is 0 Å². The van der Waals surface area contributed by atoms with Gasteiger partial charge in [0.25, 0.3) is 0 Å². The standard InChI is InChI=1S/C17H19Cl2N3O/c1-12-10-22(6-7-23-12)11-13-2-5-17(20-9-13)21-14-3-4-15(18)16(19)8-14/h2-5,8-9,12H,6-7,10-11H2,1H3,(H,20,21)/t12-/m0/s1. The Bertz CT molecular complexity index is 663. The summed E-state index contributed by atoms with van der Waals surface area (Å²) in [5, 5.41) is 4.29. The molecule has 1 aromatic heterocycles. The number of pyridine rings is 1. The van der Waals surface area contributed by atoms with E-state index in [0.29, 0.717) is 16.1 Å². The van der Waals surface area contributed by atoms with Crippen molar-refractivity contribution in [2.45, 2.75) is 19.6 Å². The summed E-state index contributed by atoms with van der Waals surface area (Å²) in [6.45, 7) is 5.73. The minimum Gasteiger partial charge on any atom is -0.376 e. The van der Waals surface area contributed by atoms with Crippen molar-refractivity contribution in [2.75, 3.05) is 25.0 Å². The molecule has 1 atom stereocenters. The normalized spacial score (nSPS) is 18.8. The van der Waals surface area contributed by atoms with Gasteiger partial charge < -0.3 is 10.1 Å². The number of aromatic nitrogens is 1. The summed E-state index contributed by atoms with van der Waals surface area (Å²) >= 11 is 11.9. The van der Waals surface area contributed by atoms with Crippen LogP contribution in [0.2, 0.25) is 10.0 Å². The van der Waals surface area contributed by atoms with Crippen LogP contribution in [-0.4, -0.2) is 35.7 Å². The third kappa shape index (κ3) is 4.58. The Hall–Kier alpha value is -1.33. The minimum atomic E-state index is 0.298. The predicted molar refractivity (Wildman–Crippen MR) is 94.7 cm³/mol. The van der Waals surface area contributed by atoms with Crippen LogP contribution in [0.15, 0.2) is 36.5 Å². The zero-order valence-electron chi connectivity index (χ0n) is 12.9. The molecule has 0 aliphatic carbocycles. The first-order valence-corrected chi connectivity index (χ1v) is 8.37. The first-order valence-electron chi connectivity index (χ1n) is 7.61. The average Bonchev–Trinajstić information content (AvgIpc) is 2.53. The third-order valence-electron chi connectivity index (χ3n) is 3.75. The number of nitrogens with zero attached hydrogens (tertiary/aromatic N) is 2. The molecule has 122 valence electrons. The van der Waals surface area contributed by atoms with Crippen molar-refractivity contribution >= 4 is 34.7 Å². The third-order valence-corrected chi connectivity index (χ3v) is 4.49. The lowest BCUT2D eigenvalue weighted by Crippen LogP contribution is -2.40. The first kappa shape index (κ1) is 16.5. The van der Waals surface area contributed by atoms with Crippen LogP contribution in [0.25, 0.3) is 0 Å². The predicted octanol–water partition coefficient (Wildman–Crippen LogP) is 4.35. The minimum absolute atomic E-state index is 0.298. The topological polar surface area (TPSA) is 37.4 Å². The second kappa shape index (κ2) is 7.49. The summed E-state index contributed by atoms with van der Waals surface area (Å²) in [4.78, 5) is 6.85. The van der Waals surface area contributed by atoms with Crippen molar-refractivity contribution in [1.82, 2.24) is 9.88 Å². The van der Waals surface area contributed by atoms with Gasteiger partial charge in [-0.1, -0.05) is 29.3 Å². The summed E-state index contributed by atoms with van der Waals surface area (Å²) in [7, 11) is 0. The highest BCUT2D eigenvalue weighted by atomic mass is 35.5. The van der Waals surface area contributed by atoms with Gasteiger partial charge in [-0.3, -0.25) is 4.90 Å². The van der Waals surface area contributed by atoms with Crippen LogP contribution in [-0.2, 0) is 11.3 Å². The molecular formula is C17H19Cl2N3O. The van der Waals surface area contributed by atoms with Crippen LogP contribution in [0.1, 0.15) is 12.5 Å². The molecule has 6 heteroatoms. The van der Waals surface area contributed by atoms with Gasteiger partial charge in [0.05, 0.1) is 22.8 Å². The molecule has 1 aliphatic heterocycles. The van der Waals surface area contributed by atoms with Gasteiger partial charge in [-0.2, -0.15) is 0 Å². The molecule has 0 unspecified atom stereocenters. The summed E-state index contributed by atoms with van der Waals surface area (Å²) in [6.07, 6.45) is 2.20. The van der Waals surface area contributed by atoms with Gasteiger partial charge in [0.1, 0.15) is 5.82 Å². The fourth-order valence-corrected chi connectivity index (χ4v) is 2.90. The average molecular weight is 352 g/mol. The molecular weight excluding hydrogens is 333 g/mol. The molecule has 0 saturated carbocycles. The Morgan fingerprint density at radius 1 is 1.26 bits per heavy atom. The van der Waals surface area contributed by atoms with E-state index in [1.54, 1.807) is 12.1 Å². The molecule has 0 spiro atoms. The maximum Gasteiger partial charge on any atom is 0.130 e. The first-order chi connectivity index (χ1) is 11.1. The highest BCUT2D eigenvalue weighted by molar-refractivity contribution is 6.42. The van der Waals surface area contributed by atoms with E-state index in [2.05, 4.69) is 28.2 Å². The van der Waals surface area contributed by atoms with Crippen molar-refractivity contribution in [3.05, 3.63) is 52.1 Å². The lowest BCUT2D eigenvalue weighted by Gasteiger charge is -2.30. The van der Waals surface area contributed by atoms with Crippen molar-refractivity contribution < 1.29 is 4.74 Å². The van der Waals surface area contributed by atoms with Crippen LogP contribution in [0.5, 0.6) is 0 Å². The molecule has 1 aromatic carbocycles. The molecule has 1 fully saturated rings. The van der Waals surface area contributed by atoms with Crippen LogP contribution >= 0.6 is 23.2 Å². The highest BCUT2D eigenvalue weighted by Crippen LogP contribution is 2.26. The number of hydrogen-bond donors (Lipinski definition) is 1. The molecule has 2 aromatic rings. The summed E-state index contributed by atoms with van der Waals surface area (Å²) < 4.78 is 5.56. The zero-order chi connectivity index (χ0) is 16.2. The van der Waals surface area contributed by atoms with Crippen LogP contribution in [0.4, 0.5) is 11.5 Å². The monoisotopic (exact) mass is 351 g/mol. The molecule has 0 radical (unpaired) electrons. The number of rotatable bonds is 4. The highest BCUT2D eigenvalue weighted by Gasteiger charge is 2.16. The maximum absolute atomic E-state index is 6.02. The molecule has 3 rings (SSSR count). The Balaban J connectivity index is 1.61. The van der Waals surface area contributed by atoms with Gasteiger partial charge in [-0.15, -0.1) is 0 Å². The smallest absolute Gasteiger partial charge is 0.130 e. The van der Waals surface area contributed by atoms with Crippen molar-refractivity contribution in [1.29, 1.82) is 0 Å². The number of halogens is 2. The lowest BCUT2D eigenvalue weighted by atomic mass is 10.2. The summed E-state index contributed by atoms with van der Waals surface area (Å²) in [5.41, 5.74) is 2.06. The van der Waals surface area contributed by atoms with E-state index in [-0.39, 0.29) is 0 Å². The van der Waals surface area contributed by atoms with E-state index >= 15 is 0 Å². The van der Waals surface area contributed by atoms with Gasteiger partial charge in [-0.05, 0) is 36.8 Å². The fourth-order valence-electron chi connectivity index (χ4n) is 2.61. The van der Waals surface area contributed by atoms with Crippen LogP contribution in [0.3, 0.4) is 0 Å². The fraction of sp³-hybridized carbons (Fsp3) is 0.353. The van der Waals surface area contributed by atoms with E-state index in [0.717, 1.165) is 37.7 Å². The number of anilines is 2. The SMILES string of the molecule is C[C@H]1CN(Cc2ccc(Nc3ccc(Cl)c(Cl)c3)nc2)CCO1. The van der Waals surface area contributed by atoms with Crippen LogP contribution < -0.4 is 5.32 Å². The van der Waals surface area contributed by atoms with E-state index in [1.165, 1.54) is 5.56 Å². The Morgan fingerprint density at radius 3 is 2.83 bits per heavy atom. The molecule has 1 aliphatic rings. The molecule has 1 N–H and O–H groups in total. The molecule has 0 bridgehead atoms. The van der Waals surface area contributed by atoms with E-state index < -0.39 is 0 Å². The Morgan fingerprint density at radius 2 is 2.13 bits per heavy atom. The molecule has 23 heavy (non-hydrogen) atoms. The second-order valence-corrected chi connectivity index (χ2v) is 6.54. The van der Waals surface area contributed by atoms with Crippen molar-refractivity contribution in [2.24, 2.45) is 0 Å². The van der Waals surface area contributed by atoms with Gasteiger partial charge in [0.15, 0.2) is 0 Å². The van der Waals surface area contributed by atoms with E-state index in [9.17, 15) is 0 Å². The molecule has 0 amide bonds.